The minimum Gasteiger partial charge on any atom is -0.250 e. The third-order valence-electron chi connectivity index (χ3n) is 3.16. The summed E-state index contributed by atoms with van der Waals surface area (Å²) in [4.78, 5) is 2.43. The van der Waals surface area contributed by atoms with E-state index in [0.29, 0.717) is 0 Å². The molecule has 0 spiro atoms. The summed E-state index contributed by atoms with van der Waals surface area (Å²) in [5, 5.41) is 11.3. The Hall–Kier alpha value is -1.47. The van der Waals surface area contributed by atoms with E-state index in [2.05, 4.69) is 13.1 Å². The lowest BCUT2D eigenvalue weighted by Gasteiger charge is -2.25. The zero-order chi connectivity index (χ0) is 13.7. The first-order chi connectivity index (χ1) is 9.26. The van der Waals surface area contributed by atoms with E-state index in [0.717, 1.165) is 29.1 Å². The van der Waals surface area contributed by atoms with E-state index in [-0.39, 0.29) is 5.82 Å². The molecule has 100 valence electrons. The molecule has 1 heterocycles. The Morgan fingerprint density at radius 1 is 1.32 bits per heavy atom. The number of rotatable bonds is 5. The molecule has 0 saturated carbocycles. The van der Waals surface area contributed by atoms with Crippen molar-refractivity contribution >= 4 is 17.4 Å². The van der Waals surface area contributed by atoms with Crippen LogP contribution in [0, 0.1) is 17.3 Å². The molecule has 0 amide bonds. The van der Waals surface area contributed by atoms with Gasteiger partial charge in [-0.2, -0.15) is 5.26 Å². The average molecular weight is 276 g/mol. The molecule has 1 aromatic rings. The lowest BCUT2D eigenvalue weighted by Crippen LogP contribution is -2.18. The Kier molecular flexibility index (Phi) is 4.86. The summed E-state index contributed by atoms with van der Waals surface area (Å²) in [7, 11) is 0. The number of nitrogens with zero attached hydrogens (tertiary/aromatic N) is 2. The number of hydrogen-bond acceptors (Lipinski definition) is 3. The van der Waals surface area contributed by atoms with Gasteiger partial charge in [-0.25, -0.2) is 4.39 Å². The highest BCUT2D eigenvalue weighted by Crippen LogP contribution is 2.39. The number of nitriles is 1. The summed E-state index contributed by atoms with van der Waals surface area (Å²) in [5.41, 5.74) is 1.81. The quantitative estimate of drug-likeness (QED) is 0.557. The molecular formula is C15H17FN2S. The number of anilines is 1. The highest BCUT2D eigenvalue weighted by Gasteiger charge is 2.20. The standard InChI is InChI=1S/C15H17FN2S/c1-2-3-4-5-6-13-10-19-15-9-12(16)7-8-14(15)18(13)11-17/h7-10H,2-6H2,1H3. The zero-order valence-corrected chi connectivity index (χ0v) is 11.8. The summed E-state index contributed by atoms with van der Waals surface area (Å²) >= 11 is 1.50. The molecule has 19 heavy (non-hydrogen) atoms. The van der Waals surface area contributed by atoms with Crippen LogP contribution in [0.25, 0.3) is 0 Å². The molecule has 0 fully saturated rings. The molecule has 0 atom stereocenters. The van der Waals surface area contributed by atoms with Crippen molar-refractivity contribution in [3.63, 3.8) is 0 Å². The Labute approximate surface area is 117 Å². The third-order valence-corrected chi connectivity index (χ3v) is 4.13. The fourth-order valence-corrected chi connectivity index (χ4v) is 3.07. The first-order valence-electron chi connectivity index (χ1n) is 6.61. The Morgan fingerprint density at radius 2 is 2.16 bits per heavy atom. The third kappa shape index (κ3) is 3.30. The topological polar surface area (TPSA) is 27.0 Å². The Morgan fingerprint density at radius 3 is 2.89 bits per heavy atom. The van der Waals surface area contributed by atoms with E-state index >= 15 is 0 Å². The first-order valence-corrected chi connectivity index (χ1v) is 7.49. The Balaban J connectivity index is 2.09. The summed E-state index contributed by atoms with van der Waals surface area (Å²) in [6, 6.07) is 4.57. The van der Waals surface area contributed by atoms with Crippen LogP contribution in [0.5, 0.6) is 0 Å². The van der Waals surface area contributed by atoms with Gasteiger partial charge in [0.15, 0.2) is 6.19 Å². The van der Waals surface area contributed by atoms with Crippen LogP contribution >= 0.6 is 11.8 Å². The monoisotopic (exact) mass is 276 g/mol. The van der Waals surface area contributed by atoms with Crippen molar-refractivity contribution in [3.8, 4) is 6.19 Å². The molecule has 0 N–H and O–H groups in total. The van der Waals surface area contributed by atoms with Crippen molar-refractivity contribution in [2.24, 2.45) is 0 Å². The number of thioether (sulfide) groups is 1. The number of fused-ring (bicyclic) bond motifs is 1. The molecule has 2 rings (SSSR count). The molecule has 0 aliphatic carbocycles. The van der Waals surface area contributed by atoms with Crippen LogP contribution in [-0.2, 0) is 0 Å². The van der Waals surface area contributed by atoms with Crippen LogP contribution in [0.2, 0.25) is 0 Å². The molecule has 1 aliphatic rings. The highest BCUT2D eigenvalue weighted by atomic mass is 32.2. The SMILES string of the molecule is CCCCCCC1=CSc2cc(F)ccc2N1C#N. The lowest BCUT2D eigenvalue weighted by atomic mass is 10.1. The summed E-state index contributed by atoms with van der Waals surface area (Å²) in [5.74, 6) is -0.260. The van der Waals surface area contributed by atoms with Crippen LogP contribution in [0.1, 0.15) is 39.0 Å². The van der Waals surface area contributed by atoms with Crippen LogP contribution in [0.15, 0.2) is 34.2 Å². The van der Waals surface area contributed by atoms with Gasteiger partial charge >= 0.3 is 0 Å². The lowest BCUT2D eigenvalue weighted by molar-refractivity contribution is 0.624. The molecule has 1 aliphatic heterocycles. The molecule has 0 radical (unpaired) electrons. The van der Waals surface area contributed by atoms with E-state index in [4.69, 9.17) is 0 Å². The summed E-state index contributed by atoms with van der Waals surface area (Å²) in [6.07, 6.45) is 7.82. The number of hydrogen-bond donors (Lipinski definition) is 0. The smallest absolute Gasteiger partial charge is 0.189 e. The van der Waals surface area contributed by atoms with Gasteiger partial charge in [-0.3, -0.25) is 4.90 Å². The number of allylic oxidation sites excluding steroid dienone is 1. The molecule has 4 heteroatoms. The van der Waals surface area contributed by atoms with Gasteiger partial charge in [0.05, 0.1) is 5.69 Å². The van der Waals surface area contributed by atoms with Gasteiger partial charge in [-0.1, -0.05) is 37.9 Å². The molecular weight excluding hydrogens is 259 g/mol. The summed E-state index contributed by atoms with van der Waals surface area (Å²) in [6.45, 7) is 2.18. The van der Waals surface area contributed by atoms with E-state index in [1.54, 1.807) is 11.0 Å². The first kappa shape index (κ1) is 14.0. The Bertz CT molecular complexity index is 519. The van der Waals surface area contributed by atoms with Crippen LogP contribution in [0.3, 0.4) is 0 Å². The van der Waals surface area contributed by atoms with E-state index in [1.807, 2.05) is 5.41 Å². The van der Waals surface area contributed by atoms with Gasteiger partial charge in [0.25, 0.3) is 0 Å². The molecule has 0 bridgehead atoms. The molecule has 2 nitrogen and oxygen atoms in total. The maximum absolute atomic E-state index is 13.2. The van der Waals surface area contributed by atoms with Gasteiger partial charge in [-0.05, 0) is 36.4 Å². The number of halogens is 1. The largest absolute Gasteiger partial charge is 0.250 e. The van der Waals surface area contributed by atoms with Gasteiger partial charge in [-0.15, -0.1) is 0 Å². The number of benzene rings is 1. The predicted molar refractivity (Wildman–Crippen MR) is 77.2 cm³/mol. The second-order valence-electron chi connectivity index (χ2n) is 4.59. The second kappa shape index (κ2) is 6.63. The van der Waals surface area contributed by atoms with Gasteiger partial charge in [0.2, 0.25) is 0 Å². The van der Waals surface area contributed by atoms with Crippen molar-refractivity contribution in [2.45, 2.75) is 43.9 Å². The minimum absolute atomic E-state index is 0.260. The minimum atomic E-state index is -0.260. The van der Waals surface area contributed by atoms with Crippen LogP contribution in [-0.4, -0.2) is 0 Å². The highest BCUT2D eigenvalue weighted by molar-refractivity contribution is 8.02. The van der Waals surface area contributed by atoms with Crippen molar-refractivity contribution in [3.05, 3.63) is 35.1 Å². The molecule has 0 aromatic heterocycles. The van der Waals surface area contributed by atoms with Crippen molar-refractivity contribution in [1.29, 1.82) is 5.26 Å². The van der Waals surface area contributed by atoms with Crippen molar-refractivity contribution in [1.82, 2.24) is 0 Å². The summed E-state index contributed by atoms with van der Waals surface area (Å²) < 4.78 is 13.2. The fourth-order valence-electron chi connectivity index (χ4n) is 2.13. The molecule has 1 aromatic carbocycles. The van der Waals surface area contributed by atoms with Crippen LogP contribution in [0.4, 0.5) is 10.1 Å². The van der Waals surface area contributed by atoms with E-state index < -0.39 is 0 Å². The normalized spacial score (nSPS) is 13.7. The maximum atomic E-state index is 13.2. The molecule has 0 unspecified atom stereocenters. The van der Waals surface area contributed by atoms with Gasteiger partial charge in [0.1, 0.15) is 5.82 Å². The average Bonchev–Trinajstić information content (AvgIpc) is 2.43. The van der Waals surface area contributed by atoms with E-state index in [1.165, 1.54) is 43.2 Å². The second-order valence-corrected chi connectivity index (χ2v) is 5.50. The zero-order valence-electron chi connectivity index (χ0n) is 11.0. The van der Waals surface area contributed by atoms with Crippen molar-refractivity contribution in [2.75, 3.05) is 4.90 Å². The number of unbranched alkanes of at least 4 members (excludes halogenated alkanes) is 3. The van der Waals surface area contributed by atoms with Crippen molar-refractivity contribution < 1.29 is 4.39 Å². The van der Waals surface area contributed by atoms with E-state index in [9.17, 15) is 9.65 Å². The maximum Gasteiger partial charge on any atom is 0.189 e. The fraction of sp³-hybridized carbons (Fsp3) is 0.400. The van der Waals surface area contributed by atoms with Gasteiger partial charge in [0, 0.05) is 10.6 Å². The van der Waals surface area contributed by atoms with Crippen LogP contribution < -0.4 is 4.90 Å². The van der Waals surface area contributed by atoms with Gasteiger partial charge < -0.3 is 0 Å². The predicted octanol–water partition coefficient (Wildman–Crippen LogP) is 5.03. The molecule has 0 saturated heterocycles.